The maximum absolute atomic E-state index is 13.0. The molecule has 26 heavy (non-hydrogen) atoms. The van der Waals surface area contributed by atoms with Crippen molar-refractivity contribution in [1.29, 1.82) is 0 Å². The zero-order chi connectivity index (χ0) is 18.1. The number of nitrogens with one attached hydrogen (secondary N) is 1. The van der Waals surface area contributed by atoms with Gasteiger partial charge >= 0.3 is 0 Å². The third-order valence-corrected chi connectivity index (χ3v) is 5.28. The largest absolute Gasteiger partial charge is 0.306 e. The van der Waals surface area contributed by atoms with E-state index in [0.717, 1.165) is 27.0 Å². The zero-order valence-corrected chi connectivity index (χ0v) is 15.4. The van der Waals surface area contributed by atoms with Crippen LogP contribution in [-0.2, 0) is 0 Å². The number of aromatic nitrogens is 2. The van der Waals surface area contributed by atoms with E-state index < -0.39 is 0 Å². The fourth-order valence-corrected chi connectivity index (χ4v) is 3.74. The first-order chi connectivity index (χ1) is 12.6. The second-order valence-electron chi connectivity index (χ2n) is 5.80. The highest BCUT2D eigenvalue weighted by molar-refractivity contribution is 7.19. The van der Waals surface area contributed by atoms with Crippen LogP contribution in [0, 0.1) is 6.92 Å². The molecule has 0 spiro atoms. The van der Waals surface area contributed by atoms with Crippen LogP contribution in [0.4, 0.5) is 5.82 Å². The Bertz CT molecular complexity index is 1120. The van der Waals surface area contributed by atoms with Gasteiger partial charge in [0.15, 0.2) is 0 Å². The van der Waals surface area contributed by atoms with Gasteiger partial charge in [0.1, 0.15) is 5.82 Å². The molecule has 3 aromatic heterocycles. The van der Waals surface area contributed by atoms with Gasteiger partial charge in [-0.2, -0.15) is 0 Å². The van der Waals surface area contributed by atoms with Gasteiger partial charge in [-0.15, -0.1) is 11.3 Å². The Balaban J connectivity index is 1.82. The molecule has 0 aliphatic rings. The van der Waals surface area contributed by atoms with Gasteiger partial charge in [-0.3, -0.25) is 4.79 Å². The standard InChI is InChI=1S/C20H14ClN3OS/c1-12-5-4-10-22-19(12)24-20(25)14-11-16(17-8-9-18(21)26-17)23-15-7-3-2-6-13(14)15/h2-11H,1H3,(H,22,24,25). The Morgan fingerprint density at radius 3 is 2.73 bits per heavy atom. The molecular weight excluding hydrogens is 366 g/mol. The summed E-state index contributed by atoms with van der Waals surface area (Å²) in [6, 6.07) is 16.9. The summed E-state index contributed by atoms with van der Waals surface area (Å²) in [7, 11) is 0. The van der Waals surface area contributed by atoms with Crippen molar-refractivity contribution in [3.05, 3.63) is 76.3 Å². The second-order valence-corrected chi connectivity index (χ2v) is 7.51. The van der Waals surface area contributed by atoms with Crippen molar-refractivity contribution in [3.8, 4) is 10.6 Å². The predicted octanol–water partition coefficient (Wildman–Crippen LogP) is 5.57. The zero-order valence-electron chi connectivity index (χ0n) is 13.9. The minimum atomic E-state index is -0.214. The number of nitrogens with zero attached hydrogens (tertiary/aromatic N) is 2. The number of hydrogen-bond donors (Lipinski definition) is 1. The number of rotatable bonds is 3. The minimum absolute atomic E-state index is 0.214. The number of benzene rings is 1. The maximum atomic E-state index is 13.0. The van der Waals surface area contributed by atoms with Gasteiger partial charge < -0.3 is 5.32 Å². The molecule has 0 atom stereocenters. The van der Waals surface area contributed by atoms with Crippen LogP contribution in [0.5, 0.6) is 0 Å². The summed E-state index contributed by atoms with van der Waals surface area (Å²) >= 11 is 7.49. The molecule has 1 N–H and O–H groups in total. The molecule has 128 valence electrons. The molecule has 4 rings (SSSR count). The van der Waals surface area contributed by atoms with Crippen LogP contribution in [0.15, 0.2) is 60.8 Å². The molecule has 0 aliphatic carbocycles. The van der Waals surface area contributed by atoms with Crippen molar-refractivity contribution in [2.75, 3.05) is 5.32 Å². The Morgan fingerprint density at radius 2 is 1.96 bits per heavy atom. The first-order valence-corrected chi connectivity index (χ1v) is 9.20. The molecule has 0 saturated heterocycles. The highest BCUT2D eigenvalue weighted by Gasteiger charge is 2.16. The van der Waals surface area contributed by atoms with E-state index in [9.17, 15) is 4.79 Å². The molecule has 0 radical (unpaired) electrons. The predicted molar refractivity (Wildman–Crippen MR) is 107 cm³/mol. The smallest absolute Gasteiger partial charge is 0.257 e. The van der Waals surface area contributed by atoms with E-state index >= 15 is 0 Å². The summed E-state index contributed by atoms with van der Waals surface area (Å²) in [5.74, 6) is 0.341. The third-order valence-electron chi connectivity index (χ3n) is 4.03. The highest BCUT2D eigenvalue weighted by Crippen LogP contribution is 2.32. The lowest BCUT2D eigenvalue weighted by atomic mass is 10.1. The molecule has 6 heteroatoms. The van der Waals surface area contributed by atoms with Crippen LogP contribution < -0.4 is 5.32 Å². The Labute approximate surface area is 159 Å². The first kappa shape index (κ1) is 16.7. The van der Waals surface area contributed by atoms with Gasteiger partial charge in [-0.05, 0) is 42.8 Å². The molecule has 4 nitrogen and oxygen atoms in total. The number of hydrogen-bond acceptors (Lipinski definition) is 4. The van der Waals surface area contributed by atoms with Gasteiger partial charge in [-0.25, -0.2) is 9.97 Å². The lowest BCUT2D eigenvalue weighted by Gasteiger charge is -2.10. The quantitative estimate of drug-likeness (QED) is 0.506. The van der Waals surface area contributed by atoms with Crippen molar-refractivity contribution in [2.45, 2.75) is 6.92 Å². The number of anilines is 1. The number of pyridine rings is 2. The van der Waals surface area contributed by atoms with Crippen molar-refractivity contribution in [3.63, 3.8) is 0 Å². The number of fused-ring (bicyclic) bond motifs is 1. The number of aryl methyl sites for hydroxylation is 1. The highest BCUT2D eigenvalue weighted by atomic mass is 35.5. The van der Waals surface area contributed by atoms with Crippen molar-refractivity contribution < 1.29 is 4.79 Å². The van der Waals surface area contributed by atoms with Crippen molar-refractivity contribution in [2.24, 2.45) is 0 Å². The van der Waals surface area contributed by atoms with Crippen LogP contribution in [-0.4, -0.2) is 15.9 Å². The molecule has 0 fully saturated rings. The van der Waals surface area contributed by atoms with E-state index in [-0.39, 0.29) is 5.91 Å². The molecule has 0 aliphatic heterocycles. The number of amides is 1. The van der Waals surface area contributed by atoms with E-state index in [2.05, 4.69) is 15.3 Å². The molecule has 1 aromatic carbocycles. The summed E-state index contributed by atoms with van der Waals surface area (Å²) in [5, 5.41) is 3.70. The number of carbonyl (C=O) groups excluding carboxylic acids is 1. The fourth-order valence-electron chi connectivity index (χ4n) is 2.73. The summed E-state index contributed by atoms with van der Waals surface area (Å²) in [6.07, 6.45) is 1.66. The van der Waals surface area contributed by atoms with Gasteiger partial charge in [0, 0.05) is 11.6 Å². The molecule has 3 heterocycles. The Hall–Kier alpha value is -2.76. The van der Waals surface area contributed by atoms with Gasteiger partial charge in [0.05, 0.1) is 26.0 Å². The van der Waals surface area contributed by atoms with Crippen LogP contribution in [0.25, 0.3) is 21.5 Å². The molecule has 4 aromatic rings. The average Bonchev–Trinajstić information content (AvgIpc) is 3.09. The SMILES string of the molecule is Cc1cccnc1NC(=O)c1cc(-c2ccc(Cl)s2)nc2ccccc12. The lowest BCUT2D eigenvalue weighted by molar-refractivity contribution is 0.102. The third kappa shape index (κ3) is 3.19. The van der Waals surface area contributed by atoms with E-state index in [0.29, 0.717) is 15.7 Å². The Kier molecular flexibility index (Phi) is 4.41. The molecular formula is C20H14ClN3OS. The van der Waals surface area contributed by atoms with Crippen molar-refractivity contribution in [1.82, 2.24) is 9.97 Å². The summed E-state index contributed by atoms with van der Waals surface area (Å²) in [4.78, 5) is 22.8. The Morgan fingerprint density at radius 1 is 1.12 bits per heavy atom. The second kappa shape index (κ2) is 6.86. The topological polar surface area (TPSA) is 54.9 Å². The number of thiophene rings is 1. The van der Waals surface area contributed by atoms with E-state index in [1.807, 2.05) is 55.5 Å². The average molecular weight is 380 g/mol. The minimum Gasteiger partial charge on any atom is -0.306 e. The van der Waals surface area contributed by atoms with Crippen LogP contribution in [0.2, 0.25) is 4.34 Å². The number of halogens is 1. The van der Waals surface area contributed by atoms with Crippen LogP contribution in [0.1, 0.15) is 15.9 Å². The van der Waals surface area contributed by atoms with Gasteiger partial charge in [-0.1, -0.05) is 35.9 Å². The molecule has 0 bridgehead atoms. The van der Waals surface area contributed by atoms with Crippen LogP contribution >= 0.6 is 22.9 Å². The van der Waals surface area contributed by atoms with E-state index in [4.69, 9.17) is 11.6 Å². The van der Waals surface area contributed by atoms with E-state index in [1.54, 1.807) is 12.3 Å². The van der Waals surface area contributed by atoms with Gasteiger partial charge in [0.25, 0.3) is 5.91 Å². The van der Waals surface area contributed by atoms with Crippen molar-refractivity contribution >= 4 is 45.6 Å². The number of carbonyl (C=O) groups is 1. The van der Waals surface area contributed by atoms with Gasteiger partial charge in [0.2, 0.25) is 0 Å². The summed E-state index contributed by atoms with van der Waals surface area (Å²) < 4.78 is 0.685. The normalized spacial score (nSPS) is 10.8. The van der Waals surface area contributed by atoms with E-state index in [1.165, 1.54) is 11.3 Å². The number of para-hydroxylation sites is 1. The molecule has 1 amide bonds. The summed E-state index contributed by atoms with van der Waals surface area (Å²) in [5.41, 5.74) is 2.95. The monoisotopic (exact) mass is 379 g/mol. The first-order valence-electron chi connectivity index (χ1n) is 8.00. The fraction of sp³-hybridized carbons (Fsp3) is 0.0500. The summed E-state index contributed by atoms with van der Waals surface area (Å²) in [6.45, 7) is 1.91. The maximum Gasteiger partial charge on any atom is 0.257 e. The lowest BCUT2D eigenvalue weighted by Crippen LogP contribution is -2.14. The molecule has 0 unspecified atom stereocenters. The van der Waals surface area contributed by atoms with Crippen LogP contribution in [0.3, 0.4) is 0 Å². The molecule has 0 saturated carbocycles.